The number of pyridine rings is 1. The SMILES string of the molecule is CC(C)c1ccc(C(O)c2cc3c(nc2C(C)C)CC2(CCC2)CC3C2CCCCC2)cc1. The highest BCUT2D eigenvalue weighted by Gasteiger charge is 2.46. The Morgan fingerprint density at radius 2 is 1.55 bits per heavy atom. The molecule has 1 spiro atoms. The van der Waals surface area contributed by atoms with Crippen LogP contribution in [-0.2, 0) is 6.42 Å². The van der Waals surface area contributed by atoms with Gasteiger partial charge in [-0.1, -0.05) is 77.6 Å². The first kappa shape index (κ1) is 23.1. The molecule has 0 bridgehead atoms. The van der Waals surface area contributed by atoms with Gasteiger partial charge in [-0.05, 0) is 90.4 Å². The minimum atomic E-state index is -0.604. The van der Waals surface area contributed by atoms with Crippen LogP contribution in [0.1, 0.15) is 143 Å². The van der Waals surface area contributed by atoms with Gasteiger partial charge in [0.15, 0.2) is 0 Å². The summed E-state index contributed by atoms with van der Waals surface area (Å²) in [5.74, 6) is 2.25. The predicted octanol–water partition coefficient (Wildman–Crippen LogP) is 8.19. The van der Waals surface area contributed by atoms with Gasteiger partial charge in [-0.25, -0.2) is 0 Å². The summed E-state index contributed by atoms with van der Waals surface area (Å²) >= 11 is 0. The number of benzene rings is 1. The monoisotopic (exact) mass is 445 g/mol. The van der Waals surface area contributed by atoms with Crippen LogP contribution in [-0.4, -0.2) is 10.1 Å². The van der Waals surface area contributed by atoms with Crippen molar-refractivity contribution in [3.05, 3.63) is 64.0 Å². The molecule has 0 amide bonds. The molecule has 0 aliphatic heterocycles. The van der Waals surface area contributed by atoms with E-state index in [0.717, 1.165) is 29.2 Å². The molecule has 0 radical (unpaired) electrons. The van der Waals surface area contributed by atoms with E-state index in [9.17, 15) is 5.11 Å². The number of nitrogens with zero attached hydrogens (tertiary/aromatic N) is 1. The number of aromatic nitrogens is 1. The lowest BCUT2D eigenvalue weighted by molar-refractivity contribution is 0.0758. The van der Waals surface area contributed by atoms with Gasteiger partial charge in [0, 0.05) is 17.0 Å². The Morgan fingerprint density at radius 1 is 0.879 bits per heavy atom. The number of hydrogen-bond acceptors (Lipinski definition) is 2. The molecule has 2 nitrogen and oxygen atoms in total. The van der Waals surface area contributed by atoms with E-state index in [1.165, 1.54) is 74.6 Å². The van der Waals surface area contributed by atoms with E-state index in [0.29, 0.717) is 23.2 Å². The molecule has 2 fully saturated rings. The molecule has 178 valence electrons. The molecular formula is C31H43NO. The van der Waals surface area contributed by atoms with Gasteiger partial charge in [0.2, 0.25) is 0 Å². The largest absolute Gasteiger partial charge is 0.384 e. The third-order valence-electron chi connectivity index (χ3n) is 9.18. The van der Waals surface area contributed by atoms with Crippen molar-refractivity contribution in [3.63, 3.8) is 0 Å². The lowest BCUT2D eigenvalue weighted by Crippen LogP contribution is -2.40. The van der Waals surface area contributed by atoms with Gasteiger partial charge >= 0.3 is 0 Å². The third kappa shape index (κ3) is 4.41. The van der Waals surface area contributed by atoms with Crippen LogP contribution in [0.25, 0.3) is 0 Å². The molecule has 2 unspecified atom stereocenters. The molecule has 2 atom stereocenters. The number of hydrogen-bond donors (Lipinski definition) is 1. The van der Waals surface area contributed by atoms with Crippen LogP contribution in [0.4, 0.5) is 0 Å². The van der Waals surface area contributed by atoms with Crippen LogP contribution >= 0.6 is 0 Å². The molecule has 2 heteroatoms. The van der Waals surface area contributed by atoms with Gasteiger partial charge < -0.3 is 5.11 Å². The van der Waals surface area contributed by atoms with Crippen molar-refractivity contribution in [2.24, 2.45) is 11.3 Å². The topological polar surface area (TPSA) is 33.1 Å². The maximum absolute atomic E-state index is 11.6. The van der Waals surface area contributed by atoms with Gasteiger partial charge in [0.25, 0.3) is 0 Å². The first-order valence-electron chi connectivity index (χ1n) is 13.7. The summed E-state index contributed by atoms with van der Waals surface area (Å²) in [6, 6.07) is 11.0. The van der Waals surface area contributed by atoms with E-state index in [2.05, 4.69) is 58.0 Å². The van der Waals surface area contributed by atoms with Crippen LogP contribution in [0.3, 0.4) is 0 Å². The van der Waals surface area contributed by atoms with E-state index in [-0.39, 0.29) is 0 Å². The fourth-order valence-electron chi connectivity index (χ4n) is 7.00. The number of aliphatic hydroxyl groups is 1. The van der Waals surface area contributed by atoms with Crippen molar-refractivity contribution in [2.75, 3.05) is 0 Å². The first-order valence-corrected chi connectivity index (χ1v) is 13.7. The summed E-state index contributed by atoms with van der Waals surface area (Å²) in [5.41, 5.74) is 7.83. The molecule has 33 heavy (non-hydrogen) atoms. The molecule has 2 aromatic rings. The van der Waals surface area contributed by atoms with E-state index in [1.807, 2.05) is 0 Å². The quantitative estimate of drug-likeness (QED) is 0.503. The molecule has 1 N–H and O–H groups in total. The Bertz CT molecular complexity index is 963. The molecule has 3 aliphatic carbocycles. The summed E-state index contributed by atoms with van der Waals surface area (Å²) in [4.78, 5) is 5.37. The zero-order valence-corrected chi connectivity index (χ0v) is 21.2. The van der Waals surface area contributed by atoms with Gasteiger partial charge in [0.1, 0.15) is 6.10 Å². The second-order valence-corrected chi connectivity index (χ2v) is 12.1. The summed E-state index contributed by atoms with van der Waals surface area (Å²) in [6.07, 6.45) is 13.0. The highest BCUT2D eigenvalue weighted by atomic mass is 16.3. The summed E-state index contributed by atoms with van der Waals surface area (Å²) in [7, 11) is 0. The molecule has 1 heterocycles. The second-order valence-electron chi connectivity index (χ2n) is 12.1. The average molecular weight is 446 g/mol. The van der Waals surface area contributed by atoms with Gasteiger partial charge in [-0.15, -0.1) is 0 Å². The maximum Gasteiger partial charge on any atom is 0.106 e. The molecule has 3 aliphatic rings. The molecule has 5 rings (SSSR count). The highest BCUT2D eigenvalue weighted by molar-refractivity contribution is 5.43. The first-order chi connectivity index (χ1) is 15.9. The van der Waals surface area contributed by atoms with Gasteiger partial charge in [-0.3, -0.25) is 4.98 Å². The highest BCUT2D eigenvalue weighted by Crippen LogP contribution is 2.57. The fraction of sp³-hybridized carbons (Fsp3) is 0.645. The molecule has 1 aromatic heterocycles. The second kappa shape index (κ2) is 9.17. The zero-order valence-electron chi connectivity index (χ0n) is 21.2. The Labute approximate surface area is 201 Å². The Hall–Kier alpha value is -1.67. The number of aliphatic hydroxyl groups excluding tert-OH is 1. The number of fused-ring (bicyclic) bond motifs is 1. The van der Waals surface area contributed by atoms with Crippen LogP contribution in [0, 0.1) is 11.3 Å². The minimum Gasteiger partial charge on any atom is -0.384 e. The summed E-state index contributed by atoms with van der Waals surface area (Å²) in [6.45, 7) is 8.90. The van der Waals surface area contributed by atoms with Crippen molar-refractivity contribution in [2.45, 2.75) is 116 Å². The van der Waals surface area contributed by atoms with E-state index < -0.39 is 6.10 Å². The molecule has 2 saturated carbocycles. The van der Waals surface area contributed by atoms with Crippen molar-refractivity contribution in [3.8, 4) is 0 Å². The minimum absolute atomic E-state index is 0.308. The third-order valence-corrected chi connectivity index (χ3v) is 9.18. The van der Waals surface area contributed by atoms with Crippen molar-refractivity contribution in [1.29, 1.82) is 0 Å². The maximum atomic E-state index is 11.6. The van der Waals surface area contributed by atoms with E-state index in [4.69, 9.17) is 4.98 Å². The molecule has 0 saturated heterocycles. The number of rotatable bonds is 5. The summed E-state index contributed by atoms with van der Waals surface area (Å²) < 4.78 is 0. The Morgan fingerprint density at radius 3 is 2.12 bits per heavy atom. The van der Waals surface area contributed by atoms with Crippen LogP contribution in [0.2, 0.25) is 0 Å². The van der Waals surface area contributed by atoms with Crippen LogP contribution < -0.4 is 0 Å². The van der Waals surface area contributed by atoms with Crippen LogP contribution in [0.15, 0.2) is 30.3 Å². The van der Waals surface area contributed by atoms with Crippen molar-refractivity contribution < 1.29 is 5.11 Å². The average Bonchev–Trinajstić information content (AvgIpc) is 2.81. The fourth-order valence-corrected chi connectivity index (χ4v) is 7.00. The van der Waals surface area contributed by atoms with Gasteiger partial charge in [0.05, 0.1) is 0 Å². The lowest BCUT2D eigenvalue weighted by atomic mass is 9.55. The normalized spacial score (nSPS) is 23.5. The standard InChI is InChI=1S/C31H43NO/c1-20(2)22-11-13-24(14-12-22)30(33)26-17-25-27(23-9-6-5-7-10-23)18-31(15-8-16-31)19-28(25)32-29(26)21(3)4/h11-14,17,20-21,23,27,30,33H,5-10,15-16,18-19H2,1-4H3. The van der Waals surface area contributed by atoms with Gasteiger partial charge in [-0.2, -0.15) is 0 Å². The predicted molar refractivity (Wildman–Crippen MR) is 137 cm³/mol. The summed E-state index contributed by atoms with van der Waals surface area (Å²) in [5, 5.41) is 11.6. The van der Waals surface area contributed by atoms with Crippen molar-refractivity contribution >= 4 is 0 Å². The van der Waals surface area contributed by atoms with Crippen LogP contribution in [0.5, 0.6) is 0 Å². The van der Waals surface area contributed by atoms with E-state index in [1.54, 1.807) is 0 Å². The Balaban J connectivity index is 1.56. The lowest BCUT2D eigenvalue weighted by Gasteiger charge is -2.50. The van der Waals surface area contributed by atoms with E-state index >= 15 is 0 Å². The molecule has 1 aromatic carbocycles. The van der Waals surface area contributed by atoms with Crippen molar-refractivity contribution in [1.82, 2.24) is 4.98 Å². The zero-order chi connectivity index (χ0) is 23.2. The molecular weight excluding hydrogens is 402 g/mol. The Kier molecular flexibility index (Phi) is 6.42. The smallest absolute Gasteiger partial charge is 0.106 e.